The summed E-state index contributed by atoms with van der Waals surface area (Å²) in [7, 11) is 0. The maximum Gasteiger partial charge on any atom is 0.187 e. The summed E-state index contributed by atoms with van der Waals surface area (Å²) in [5.74, 6) is -0.446. The number of hydrogen-bond acceptors (Lipinski definition) is 12. The minimum atomic E-state index is -1.47. The second kappa shape index (κ2) is 27.2. The monoisotopic (exact) mass is 982 g/mol. The maximum atomic E-state index is 12.4. The fraction of sp³-hybridized carbons (Fsp3) is 0.400. The summed E-state index contributed by atoms with van der Waals surface area (Å²) < 4.78 is 61.5. The zero-order valence-corrected chi connectivity index (χ0v) is 41.3. The zero-order chi connectivity index (χ0) is 50.0. The van der Waals surface area contributed by atoms with Gasteiger partial charge in [-0.2, -0.15) is 0 Å². The first-order valence-electron chi connectivity index (χ1n) is 25.0. The van der Waals surface area contributed by atoms with Gasteiger partial charge in [0.15, 0.2) is 6.29 Å². The molecule has 3 N–H and O–H groups in total. The highest BCUT2D eigenvalue weighted by Gasteiger charge is 2.53. The van der Waals surface area contributed by atoms with Gasteiger partial charge in [-0.3, -0.25) is 0 Å². The number of hydrogen-bond donors (Lipinski definition) is 3. The van der Waals surface area contributed by atoms with Gasteiger partial charge in [0, 0.05) is 5.92 Å². The smallest absolute Gasteiger partial charge is 0.187 e. The van der Waals surface area contributed by atoms with Crippen molar-refractivity contribution in [3.05, 3.63) is 215 Å². The van der Waals surface area contributed by atoms with Crippen molar-refractivity contribution in [1.29, 1.82) is 0 Å². The third kappa shape index (κ3) is 15.7. The lowest BCUT2D eigenvalue weighted by molar-refractivity contribution is -0.350. The van der Waals surface area contributed by atoms with Crippen molar-refractivity contribution in [1.82, 2.24) is 0 Å². The predicted octanol–water partition coefficient (Wildman–Crippen LogP) is 8.77. The van der Waals surface area contributed by atoms with Crippen molar-refractivity contribution >= 4 is 0 Å². The van der Waals surface area contributed by atoms with Crippen molar-refractivity contribution in [2.24, 2.45) is 5.92 Å². The lowest BCUT2D eigenvalue weighted by Gasteiger charge is -2.49. The molecular formula is C60H70O12. The van der Waals surface area contributed by atoms with Crippen LogP contribution in [0.25, 0.3) is 0 Å². The molecule has 1 aliphatic heterocycles. The fourth-order valence-corrected chi connectivity index (χ4v) is 9.05. The maximum absolute atomic E-state index is 12.4. The Labute approximate surface area is 424 Å². The van der Waals surface area contributed by atoms with Gasteiger partial charge in [0.1, 0.15) is 42.7 Å². The molecule has 8 rings (SSSR count). The van der Waals surface area contributed by atoms with Crippen molar-refractivity contribution in [2.45, 2.75) is 127 Å². The number of rotatable bonds is 26. The highest BCUT2D eigenvalue weighted by molar-refractivity contribution is 5.18. The van der Waals surface area contributed by atoms with Gasteiger partial charge in [-0.05, 0) is 53.6 Å². The van der Waals surface area contributed by atoms with Gasteiger partial charge in [-0.15, -0.1) is 0 Å². The molecule has 0 bridgehead atoms. The molecule has 1 heterocycles. The van der Waals surface area contributed by atoms with Crippen LogP contribution in [0.4, 0.5) is 0 Å². The molecule has 2 fully saturated rings. The third-order valence-electron chi connectivity index (χ3n) is 13.2. The topological polar surface area (TPSA) is 144 Å². The first-order valence-corrected chi connectivity index (χ1v) is 25.0. The molecule has 12 nitrogen and oxygen atoms in total. The normalized spacial score (nSPS) is 25.0. The van der Waals surface area contributed by atoms with Gasteiger partial charge in [-0.1, -0.05) is 182 Å². The molecule has 0 radical (unpaired) electrons. The molecule has 1 saturated carbocycles. The second-order valence-electron chi connectivity index (χ2n) is 19.2. The van der Waals surface area contributed by atoms with E-state index in [9.17, 15) is 15.3 Å². The molecular weight excluding hydrogens is 913 g/mol. The first-order chi connectivity index (χ1) is 35.2. The first kappa shape index (κ1) is 53.1. The molecule has 12 heteroatoms. The molecule has 72 heavy (non-hydrogen) atoms. The fourth-order valence-electron chi connectivity index (χ4n) is 9.05. The van der Waals surface area contributed by atoms with E-state index in [-0.39, 0.29) is 52.9 Å². The minimum Gasteiger partial charge on any atom is -0.390 e. The van der Waals surface area contributed by atoms with Crippen LogP contribution in [-0.2, 0) is 82.3 Å². The van der Waals surface area contributed by atoms with Crippen molar-refractivity contribution in [2.75, 3.05) is 19.8 Å². The van der Waals surface area contributed by atoms with E-state index in [1.807, 2.05) is 182 Å². The van der Waals surface area contributed by atoms with Crippen LogP contribution in [-0.4, -0.2) is 102 Å². The summed E-state index contributed by atoms with van der Waals surface area (Å²) >= 11 is 0. The Hall–Kier alpha value is -5.16. The molecule has 6 aromatic rings. The SMILES string of the molecule is CC(C)(O)[C@@H](O)CO[C@@H]1C(COCc2ccccc2)O[C@H](O[C@H]2CC(COCc3ccccc3)[C@@H](O)C(OCc3ccccc3)C2OCc2ccccc2)C(OCc2ccccc2)C1OCc1ccccc1. The predicted molar refractivity (Wildman–Crippen MR) is 272 cm³/mol. The Balaban J connectivity index is 1.17. The van der Waals surface area contributed by atoms with Gasteiger partial charge < -0.3 is 58.0 Å². The number of aliphatic hydroxyl groups is 3. The zero-order valence-electron chi connectivity index (χ0n) is 41.3. The molecule has 382 valence electrons. The van der Waals surface area contributed by atoms with E-state index in [1.54, 1.807) is 0 Å². The van der Waals surface area contributed by atoms with Gasteiger partial charge in [0.25, 0.3) is 0 Å². The lowest BCUT2D eigenvalue weighted by Crippen LogP contribution is -2.64. The molecule has 2 aliphatic rings. The van der Waals surface area contributed by atoms with Crippen LogP contribution in [0.5, 0.6) is 0 Å². The highest BCUT2D eigenvalue weighted by atomic mass is 16.7. The molecule has 0 spiro atoms. The minimum absolute atomic E-state index is 0.0463. The number of aliphatic hydroxyl groups excluding tert-OH is 2. The molecule has 11 atom stereocenters. The lowest BCUT2D eigenvalue weighted by atomic mass is 9.80. The quantitative estimate of drug-likeness (QED) is 0.0478. The summed E-state index contributed by atoms with van der Waals surface area (Å²) in [4.78, 5) is 0. The van der Waals surface area contributed by atoms with E-state index in [0.717, 1.165) is 33.4 Å². The van der Waals surface area contributed by atoms with Crippen LogP contribution in [0.15, 0.2) is 182 Å². The Morgan fingerprint density at radius 3 is 1.28 bits per heavy atom. The van der Waals surface area contributed by atoms with Crippen molar-refractivity contribution < 1.29 is 58.0 Å². The molecule has 0 amide bonds. The second-order valence-corrected chi connectivity index (χ2v) is 19.2. The molecule has 6 aromatic carbocycles. The molecule has 1 aliphatic carbocycles. The van der Waals surface area contributed by atoms with Gasteiger partial charge in [-0.25, -0.2) is 0 Å². The molecule has 6 unspecified atom stereocenters. The molecule has 1 saturated heterocycles. The summed E-state index contributed by atoms with van der Waals surface area (Å²) in [5.41, 5.74) is 4.23. The van der Waals surface area contributed by atoms with E-state index in [1.165, 1.54) is 13.8 Å². The third-order valence-corrected chi connectivity index (χ3v) is 13.2. The summed E-state index contributed by atoms with van der Waals surface area (Å²) in [6.45, 7) is 4.52. The summed E-state index contributed by atoms with van der Waals surface area (Å²) in [6.07, 6.45) is -9.01. The Morgan fingerprint density at radius 2 is 0.847 bits per heavy atom. The van der Waals surface area contributed by atoms with Gasteiger partial charge in [0.05, 0.1) is 77.3 Å². The van der Waals surface area contributed by atoms with Crippen LogP contribution < -0.4 is 0 Å². The number of ether oxygens (including phenoxy) is 9. The van der Waals surface area contributed by atoms with E-state index < -0.39 is 72.7 Å². The van der Waals surface area contributed by atoms with Crippen LogP contribution in [0.3, 0.4) is 0 Å². The van der Waals surface area contributed by atoms with Crippen LogP contribution in [0, 0.1) is 5.92 Å². The van der Waals surface area contributed by atoms with Crippen LogP contribution in [0.1, 0.15) is 53.6 Å². The van der Waals surface area contributed by atoms with Crippen LogP contribution >= 0.6 is 0 Å². The highest BCUT2D eigenvalue weighted by Crippen LogP contribution is 2.38. The average molecular weight is 983 g/mol. The van der Waals surface area contributed by atoms with Gasteiger partial charge >= 0.3 is 0 Å². The average Bonchev–Trinajstić information content (AvgIpc) is 3.41. The Kier molecular flexibility index (Phi) is 20.1. The largest absolute Gasteiger partial charge is 0.390 e. The summed E-state index contributed by atoms with van der Waals surface area (Å²) in [5, 5.41) is 34.5. The van der Waals surface area contributed by atoms with Crippen LogP contribution in [0.2, 0.25) is 0 Å². The molecule has 0 aromatic heterocycles. The Bertz CT molecular complexity index is 2390. The van der Waals surface area contributed by atoms with Gasteiger partial charge in [0.2, 0.25) is 0 Å². The number of benzene rings is 6. The standard InChI is InChI=1S/C60H70O12/c1-60(2,63)52(61)42-70-55-51(41-65-35-44-23-11-4-12-24-44)72-59(58(69-39-48-31-19-8-20-32-48)57(55)68-38-47-29-17-7-18-30-47)71-50-33-49(40-64-34-43-21-9-3-10-22-43)53(62)56(67-37-46-27-15-6-16-28-46)54(50)66-36-45-25-13-5-14-26-45/h3-32,49-59,61-63H,33-42H2,1-2H3/t49?,50-,51?,52-,53+,54?,55+,56?,57?,58?,59-/m0/s1. The Morgan fingerprint density at radius 1 is 0.472 bits per heavy atom. The summed E-state index contributed by atoms with van der Waals surface area (Å²) in [6, 6.07) is 59.2. The van der Waals surface area contributed by atoms with E-state index in [2.05, 4.69) is 0 Å². The van der Waals surface area contributed by atoms with Crippen molar-refractivity contribution in [3.8, 4) is 0 Å². The van der Waals surface area contributed by atoms with E-state index in [0.29, 0.717) is 13.0 Å². The van der Waals surface area contributed by atoms with E-state index >= 15 is 0 Å². The van der Waals surface area contributed by atoms with Crippen molar-refractivity contribution in [3.63, 3.8) is 0 Å². The van der Waals surface area contributed by atoms with E-state index in [4.69, 9.17) is 42.6 Å².